The summed E-state index contributed by atoms with van der Waals surface area (Å²) in [6.07, 6.45) is 2.56. The van der Waals surface area contributed by atoms with Crippen molar-refractivity contribution in [2.75, 3.05) is 27.2 Å². The summed E-state index contributed by atoms with van der Waals surface area (Å²) in [4.78, 5) is 37.3. The van der Waals surface area contributed by atoms with Gasteiger partial charge in [-0.3, -0.25) is 14.4 Å². The third-order valence-electron chi connectivity index (χ3n) is 3.40. The summed E-state index contributed by atoms with van der Waals surface area (Å²) < 4.78 is 0. The van der Waals surface area contributed by atoms with Gasteiger partial charge in [-0.25, -0.2) is 0 Å². The van der Waals surface area contributed by atoms with Crippen LogP contribution in [0.2, 0.25) is 0 Å². The number of carbonyl (C=O) groups excluding carboxylic acids is 2. The van der Waals surface area contributed by atoms with Crippen LogP contribution in [-0.4, -0.2) is 59.9 Å². The highest BCUT2D eigenvalue weighted by molar-refractivity contribution is 5.79. The minimum absolute atomic E-state index is 0.00913. The molecule has 1 fully saturated rings. The number of amides is 2. The first-order chi connectivity index (χ1) is 8.91. The Morgan fingerprint density at radius 1 is 1.26 bits per heavy atom. The van der Waals surface area contributed by atoms with Crippen LogP contribution in [0.15, 0.2) is 0 Å². The van der Waals surface area contributed by atoms with Gasteiger partial charge in [-0.15, -0.1) is 0 Å². The summed E-state index contributed by atoms with van der Waals surface area (Å²) in [6.45, 7) is 0.931. The molecule has 0 aromatic heterocycles. The lowest BCUT2D eigenvalue weighted by atomic mass is 9.98. The normalized spacial score (nSPS) is 19.1. The van der Waals surface area contributed by atoms with Gasteiger partial charge < -0.3 is 14.9 Å². The highest BCUT2D eigenvalue weighted by Crippen LogP contribution is 2.17. The maximum Gasteiger partial charge on any atom is 0.308 e. The minimum Gasteiger partial charge on any atom is -0.481 e. The van der Waals surface area contributed by atoms with Crippen LogP contribution in [0.5, 0.6) is 0 Å². The van der Waals surface area contributed by atoms with Crippen LogP contribution in [0.4, 0.5) is 0 Å². The molecule has 0 radical (unpaired) electrons. The summed E-state index contributed by atoms with van der Waals surface area (Å²) in [5.41, 5.74) is 0. The maximum absolute atomic E-state index is 11.9. The number of carboxylic acid groups (broad SMARTS) is 1. The molecule has 108 valence electrons. The average Bonchev–Trinajstić information content (AvgIpc) is 2.38. The highest BCUT2D eigenvalue weighted by atomic mass is 16.4. The average molecular weight is 270 g/mol. The number of aliphatic carboxylic acids is 1. The number of likely N-dealkylation sites (tertiary alicyclic amines) is 1. The Balaban J connectivity index is 2.33. The molecule has 6 heteroatoms. The minimum atomic E-state index is -0.833. The van der Waals surface area contributed by atoms with E-state index in [2.05, 4.69) is 0 Å². The van der Waals surface area contributed by atoms with Gasteiger partial charge in [0, 0.05) is 40.0 Å². The van der Waals surface area contributed by atoms with Crippen LogP contribution < -0.4 is 0 Å². The second-order valence-electron chi connectivity index (χ2n) is 5.16. The van der Waals surface area contributed by atoms with Crippen molar-refractivity contribution in [1.29, 1.82) is 0 Å². The lowest BCUT2D eigenvalue weighted by Gasteiger charge is -2.30. The molecule has 0 bridgehead atoms. The Morgan fingerprint density at radius 2 is 1.95 bits per heavy atom. The predicted octanol–water partition coefficient (Wildman–Crippen LogP) is 0.568. The van der Waals surface area contributed by atoms with E-state index in [1.165, 1.54) is 4.90 Å². The third-order valence-corrected chi connectivity index (χ3v) is 3.40. The molecule has 2 amide bonds. The molecule has 1 rings (SSSR count). The molecular formula is C13H22N2O4. The summed E-state index contributed by atoms with van der Waals surface area (Å²) in [5, 5.41) is 8.96. The standard InChI is InChI=1S/C13H22N2O4/c1-14(2)11(16)6-3-7-12(17)15-8-4-5-10(9-15)13(18)19/h10H,3-9H2,1-2H3,(H,18,19). The molecule has 0 saturated carbocycles. The van der Waals surface area contributed by atoms with E-state index in [1.807, 2.05) is 0 Å². The van der Waals surface area contributed by atoms with Gasteiger partial charge in [0.05, 0.1) is 5.92 Å². The third kappa shape index (κ3) is 4.89. The first-order valence-corrected chi connectivity index (χ1v) is 6.62. The summed E-state index contributed by atoms with van der Waals surface area (Å²) >= 11 is 0. The Labute approximate surface area is 113 Å². The lowest BCUT2D eigenvalue weighted by molar-refractivity contribution is -0.145. The van der Waals surface area contributed by atoms with Gasteiger partial charge in [0.25, 0.3) is 0 Å². The van der Waals surface area contributed by atoms with Crippen LogP contribution in [0, 0.1) is 5.92 Å². The van der Waals surface area contributed by atoms with E-state index in [9.17, 15) is 14.4 Å². The maximum atomic E-state index is 11.9. The van der Waals surface area contributed by atoms with Crippen molar-refractivity contribution in [1.82, 2.24) is 9.80 Å². The van der Waals surface area contributed by atoms with Gasteiger partial charge in [-0.05, 0) is 19.3 Å². The van der Waals surface area contributed by atoms with Crippen LogP contribution >= 0.6 is 0 Å². The first-order valence-electron chi connectivity index (χ1n) is 6.62. The van der Waals surface area contributed by atoms with Crippen LogP contribution in [0.3, 0.4) is 0 Å². The largest absolute Gasteiger partial charge is 0.481 e. The van der Waals surface area contributed by atoms with Gasteiger partial charge in [0.15, 0.2) is 0 Å². The lowest BCUT2D eigenvalue weighted by Crippen LogP contribution is -2.42. The summed E-state index contributed by atoms with van der Waals surface area (Å²) in [7, 11) is 3.37. The zero-order chi connectivity index (χ0) is 14.4. The number of carbonyl (C=O) groups is 3. The summed E-state index contributed by atoms with van der Waals surface area (Å²) in [5.74, 6) is -1.31. The van der Waals surface area contributed by atoms with Gasteiger partial charge in [-0.2, -0.15) is 0 Å². The molecule has 1 saturated heterocycles. The monoisotopic (exact) mass is 270 g/mol. The van der Waals surface area contributed by atoms with E-state index in [0.717, 1.165) is 6.42 Å². The first kappa shape index (κ1) is 15.5. The Kier molecular flexibility index (Phi) is 5.79. The molecular weight excluding hydrogens is 248 g/mol. The van der Waals surface area contributed by atoms with Crippen molar-refractivity contribution in [3.63, 3.8) is 0 Å². The molecule has 1 atom stereocenters. The van der Waals surface area contributed by atoms with Crippen molar-refractivity contribution in [2.45, 2.75) is 32.1 Å². The van der Waals surface area contributed by atoms with E-state index < -0.39 is 11.9 Å². The van der Waals surface area contributed by atoms with E-state index in [0.29, 0.717) is 38.8 Å². The Morgan fingerprint density at radius 3 is 2.53 bits per heavy atom. The quantitative estimate of drug-likeness (QED) is 0.792. The van der Waals surface area contributed by atoms with Crippen LogP contribution in [0.1, 0.15) is 32.1 Å². The summed E-state index contributed by atoms with van der Waals surface area (Å²) in [6, 6.07) is 0. The number of carboxylic acids is 1. The van der Waals surface area contributed by atoms with Gasteiger partial charge >= 0.3 is 5.97 Å². The number of rotatable bonds is 5. The van der Waals surface area contributed by atoms with Crippen LogP contribution in [-0.2, 0) is 14.4 Å². The molecule has 0 aliphatic carbocycles. The number of piperidine rings is 1. The number of hydrogen-bond acceptors (Lipinski definition) is 3. The topological polar surface area (TPSA) is 77.9 Å². The molecule has 0 spiro atoms. The van der Waals surface area contributed by atoms with Crippen molar-refractivity contribution in [3.05, 3.63) is 0 Å². The molecule has 6 nitrogen and oxygen atoms in total. The van der Waals surface area contributed by atoms with Gasteiger partial charge in [-0.1, -0.05) is 0 Å². The van der Waals surface area contributed by atoms with Crippen molar-refractivity contribution < 1.29 is 19.5 Å². The second-order valence-corrected chi connectivity index (χ2v) is 5.16. The molecule has 0 aromatic rings. The van der Waals surface area contributed by atoms with Crippen molar-refractivity contribution in [2.24, 2.45) is 5.92 Å². The van der Waals surface area contributed by atoms with E-state index >= 15 is 0 Å². The van der Waals surface area contributed by atoms with E-state index in [4.69, 9.17) is 5.11 Å². The Bertz CT molecular complexity index is 355. The fourth-order valence-electron chi connectivity index (χ4n) is 2.18. The van der Waals surface area contributed by atoms with Gasteiger partial charge in [0.2, 0.25) is 11.8 Å². The zero-order valence-electron chi connectivity index (χ0n) is 11.6. The number of nitrogens with zero attached hydrogens (tertiary/aromatic N) is 2. The smallest absolute Gasteiger partial charge is 0.308 e. The molecule has 1 heterocycles. The second kappa shape index (κ2) is 7.11. The zero-order valence-corrected chi connectivity index (χ0v) is 11.6. The molecule has 1 aliphatic heterocycles. The highest BCUT2D eigenvalue weighted by Gasteiger charge is 2.27. The SMILES string of the molecule is CN(C)C(=O)CCCC(=O)N1CCCC(C(=O)O)C1. The molecule has 1 aliphatic rings. The fourth-order valence-corrected chi connectivity index (χ4v) is 2.18. The predicted molar refractivity (Wildman–Crippen MR) is 69.5 cm³/mol. The van der Waals surface area contributed by atoms with E-state index in [-0.39, 0.29) is 11.8 Å². The molecule has 19 heavy (non-hydrogen) atoms. The van der Waals surface area contributed by atoms with E-state index in [1.54, 1.807) is 19.0 Å². The molecule has 0 aromatic carbocycles. The van der Waals surface area contributed by atoms with Crippen molar-refractivity contribution in [3.8, 4) is 0 Å². The molecule has 1 N–H and O–H groups in total. The number of hydrogen-bond donors (Lipinski definition) is 1. The molecule has 1 unspecified atom stereocenters. The van der Waals surface area contributed by atoms with Gasteiger partial charge in [0.1, 0.15) is 0 Å². The van der Waals surface area contributed by atoms with Crippen LogP contribution in [0.25, 0.3) is 0 Å². The fraction of sp³-hybridized carbons (Fsp3) is 0.769. The Hall–Kier alpha value is -1.59. The van der Waals surface area contributed by atoms with Crippen molar-refractivity contribution >= 4 is 17.8 Å².